The van der Waals surface area contributed by atoms with Crippen molar-refractivity contribution in [2.45, 2.75) is 26.3 Å². The van der Waals surface area contributed by atoms with E-state index < -0.39 is 0 Å². The third kappa shape index (κ3) is 6.99. The highest BCUT2D eigenvalue weighted by atomic mass is 16.2. The predicted octanol–water partition coefficient (Wildman–Crippen LogP) is -0.784. The molecule has 13 heavy (non-hydrogen) atoms. The molecule has 0 rings (SSSR count). The monoisotopic (exact) mass is 186 g/mol. The molecule has 0 spiro atoms. The maximum Gasteiger partial charge on any atom is 0.217 e. The Bertz CT molecular complexity index is 204. The molecule has 2 amide bonds. The van der Waals surface area contributed by atoms with Crippen LogP contribution in [-0.2, 0) is 14.4 Å². The maximum absolute atomic E-state index is 10.6. The number of nitrogens with one attached hydrogen (secondary N) is 2. The van der Waals surface area contributed by atoms with Crippen LogP contribution in [0.5, 0.6) is 0 Å². The Morgan fingerprint density at radius 2 is 1.92 bits per heavy atom. The van der Waals surface area contributed by atoms with Crippen LogP contribution in [0.15, 0.2) is 0 Å². The van der Waals surface area contributed by atoms with Crippen LogP contribution < -0.4 is 10.6 Å². The van der Waals surface area contributed by atoms with E-state index >= 15 is 0 Å². The van der Waals surface area contributed by atoms with Gasteiger partial charge in [-0.25, -0.2) is 0 Å². The van der Waals surface area contributed by atoms with Crippen molar-refractivity contribution in [2.75, 3.05) is 6.54 Å². The number of carbonyl (C=O) groups is 3. The molecule has 0 aliphatic heterocycles. The van der Waals surface area contributed by atoms with E-state index in [4.69, 9.17) is 0 Å². The van der Waals surface area contributed by atoms with Crippen LogP contribution in [-0.4, -0.2) is 30.7 Å². The highest BCUT2D eigenvalue weighted by molar-refractivity contribution is 5.74. The van der Waals surface area contributed by atoms with Crippen LogP contribution in [0, 0.1) is 0 Å². The summed E-state index contributed by atoms with van der Waals surface area (Å²) in [6, 6.07) is -0.307. The summed E-state index contributed by atoms with van der Waals surface area (Å²) in [6.45, 7) is 3.03. The lowest BCUT2D eigenvalue weighted by Gasteiger charge is -2.14. The lowest BCUT2D eigenvalue weighted by molar-refractivity contribution is -0.121. The molecule has 0 radical (unpaired) electrons. The molecule has 74 valence electrons. The first-order chi connectivity index (χ1) is 6.06. The highest BCUT2D eigenvalue weighted by Crippen LogP contribution is 1.86. The quantitative estimate of drug-likeness (QED) is 0.553. The van der Waals surface area contributed by atoms with E-state index in [1.807, 2.05) is 0 Å². The molecule has 0 aromatic heterocycles. The normalized spacial score (nSPS) is 11.5. The maximum atomic E-state index is 10.6. The molecule has 1 unspecified atom stereocenters. The summed E-state index contributed by atoms with van der Waals surface area (Å²) in [7, 11) is 0. The summed E-state index contributed by atoms with van der Waals surface area (Å²) in [6.07, 6.45) is 0.919. The van der Waals surface area contributed by atoms with Crippen molar-refractivity contribution in [2.24, 2.45) is 0 Å². The lowest BCUT2D eigenvalue weighted by atomic mass is 10.2. The van der Waals surface area contributed by atoms with Gasteiger partial charge in [0.25, 0.3) is 0 Å². The van der Waals surface area contributed by atoms with Crippen molar-refractivity contribution < 1.29 is 14.4 Å². The van der Waals surface area contributed by atoms with Crippen molar-refractivity contribution in [1.82, 2.24) is 10.6 Å². The summed E-state index contributed by atoms with van der Waals surface area (Å²) < 4.78 is 0. The number of hydrogen-bond donors (Lipinski definition) is 2. The predicted molar refractivity (Wildman–Crippen MR) is 47.0 cm³/mol. The van der Waals surface area contributed by atoms with E-state index in [2.05, 4.69) is 10.6 Å². The van der Waals surface area contributed by atoms with Gasteiger partial charge in [-0.15, -0.1) is 0 Å². The smallest absolute Gasteiger partial charge is 0.217 e. The third-order valence-corrected chi connectivity index (χ3v) is 1.39. The molecular weight excluding hydrogens is 172 g/mol. The zero-order chi connectivity index (χ0) is 10.3. The second kappa shape index (κ2) is 6.16. The minimum absolute atomic E-state index is 0.179. The number of rotatable bonds is 5. The largest absolute Gasteiger partial charge is 0.354 e. The minimum Gasteiger partial charge on any atom is -0.354 e. The lowest BCUT2D eigenvalue weighted by Crippen LogP contribution is -2.42. The van der Waals surface area contributed by atoms with Gasteiger partial charge >= 0.3 is 0 Å². The van der Waals surface area contributed by atoms with Gasteiger partial charge in [0, 0.05) is 26.8 Å². The first-order valence-electron chi connectivity index (χ1n) is 4.01. The SMILES string of the molecule is CC(=O)NCC(CC=O)NC(C)=O. The Morgan fingerprint density at radius 3 is 2.31 bits per heavy atom. The van der Waals surface area contributed by atoms with Crippen LogP contribution in [0.3, 0.4) is 0 Å². The average molecular weight is 186 g/mol. The molecule has 0 aliphatic carbocycles. The average Bonchev–Trinajstić information content (AvgIpc) is 1.99. The van der Waals surface area contributed by atoms with Crippen LogP contribution in [0.25, 0.3) is 0 Å². The van der Waals surface area contributed by atoms with Gasteiger partial charge < -0.3 is 15.4 Å². The van der Waals surface area contributed by atoms with E-state index in [-0.39, 0.29) is 30.8 Å². The Labute approximate surface area is 76.9 Å². The minimum atomic E-state index is -0.307. The van der Waals surface area contributed by atoms with Crippen molar-refractivity contribution in [3.05, 3.63) is 0 Å². The van der Waals surface area contributed by atoms with Gasteiger partial charge in [0.15, 0.2) is 0 Å². The Balaban J connectivity index is 3.85. The van der Waals surface area contributed by atoms with Gasteiger partial charge in [0.2, 0.25) is 11.8 Å². The van der Waals surface area contributed by atoms with Crippen LogP contribution in [0.2, 0.25) is 0 Å². The third-order valence-electron chi connectivity index (χ3n) is 1.39. The zero-order valence-electron chi connectivity index (χ0n) is 7.79. The fourth-order valence-corrected chi connectivity index (χ4v) is 0.864. The van der Waals surface area contributed by atoms with Gasteiger partial charge in [-0.2, -0.15) is 0 Å². The Morgan fingerprint density at radius 1 is 1.31 bits per heavy atom. The van der Waals surface area contributed by atoms with Gasteiger partial charge in [-0.3, -0.25) is 9.59 Å². The topological polar surface area (TPSA) is 75.3 Å². The van der Waals surface area contributed by atoms with E-state index in [9.17, 15) is 14.4 Å². The van der Waals surface area contributed by atoms with E-state index in [1.54, 1.807) is 0 Å². The Kier molecular flexibility index (Phi) is 5.50. The summed E-state index contributed by atoms with van der Waals surface area (Å²) >= 11 is 0. The molecule has 0 aliphatic rings. The fraction of sp³-hybridized carbons (Fsp3) is 0.625. The molecule has 5 heteroatoms. The van der Waals surface area contributed by atoms with Crippen molar-refractivity contribution in [3.8, 4) is 0 Å². The van der Waals surface area contributed by atoms with Crippen LogP contribution >= 0.6 is 0 Å². The van der Waals surface area contributed by atoms with Crippen molar-refractivity contribution in [3.63, 3.8) is 0 Å². The second-order valence-electron chi connectivity index (χ2n) is 2.74. The summed E-state index contributed by atoms with van der Waals surface area (Å²) in [5.74, 6) is -0.390. The number of hydrogen-bond acceptors (Lipinski definition) is 3. The van der Waals surface area contributed by atoms with Gasteiger partial charge in [-0.1, -0.05) is 0 Å². The molecule has 0 aromatic rings. The molecule has 0 saturated carbocycles. The molecule has 2 N–H and O–H groups in total. The number of aldehydes is 1. The van der Waals surface area contributed by atoms with Gasteiger partial charge in [0.1, 0.15) is 6.29 Å². The van der Waals surface area contributed by atoms with Gasteiger partial charge in [-0.05, 0) is 0 Å². The molecule has 0 saturated heterocycles. The summed E-state index contributed by atoms with van der Waals surface area (Å²) in [5, 5.41) is 5.07. The number of amides is 2. The van der Waals surface area contributed by atoms with Crippen molar-refractivity contribution >= 4 is 18.1 Å². The molecular formula is C8H14N2O3. The summed E-state index contributed by atoms with van der Waals surface area (Å²) in [4.78, 5) is 31.3. The van der Waals surface area contributed by atoms with Crippen LogP contribution in [0.4, 0.5) is 0 Å². The van der Waals surface area contributed by atoms with Crippen LogP contribution in [0.1, 0.15) is 20.3 Å². The standard InChI is InChI=1S/C8H14N2O3/c1-6(12)9-5-8(3-4-11)10-7(2)13/h4,8H,3,5H2,1-2H3,(H,9,12)(H,10,13). The zero-order valence-corrected chi connectivity index (χ0v) is 7.79. The number of carbonyl (C=O) groups excluding carboxylic acids is 3. The first-order valence-corrected chi connectivity index (χ1v) is 4.01. The molecule has 0 fully saturated rings. The Hall–Kier alpha value is -1.39. The van der Waals surface area contributed by atoms with Gasteiger partial charge in [0.05, 0.1) is 6.04 Å². The fourth-order valence-electron chi connectivity index (χ4n) is 0.864. The molecule has 0 aromatic carbocycles. The first kappa shape index (κ1) is 11.6. The molecule has 1 atom stereocenters. The molecule has 0 heterocycles. The highest BCUT2D eigenvalue weighted by Gasteiger charge is 2.08. The van der Waals surface area contributed by atoms with E-state index in [1.165, 1.54) is 13.8 Å². The second-order valence-corrected chi connectivity index (χ2v) is 2.74. The van der Waals surface area contributed by atoms with Crippen molar-refractivity contribution in [1.29, 1.82) is 0 Å². The van der Waals surface area contributed by atoms with E-state index in [0.717, 1.165) is 0 Å². The molecule has 0 bridgehead atoms. The molecule has 5 nitrogen and oxygen atoms in total. The van der Waals surface area contributed by atoms with E-state index in [0.29, 0.717) is 6.29 Å². The summed E-state index contributed by atoms with van der Waals surface area (Å²) in [5.41, 5.74) is 0.